The number of aliphatic hydroxyl groups is 19. The zero-order valence-corrected chi connectivity index (χ0v) is 76.6. The first-order valence-corrected chi connectivity index (χ1v) is 47.4. The number of Topliss-reactive ketones (excluding diaryl/α,β-unsaturated/α-hetero) is 1. The largest absolute Gasteiger partial charge is 0.477 e. The highest BCUT2D eigenvalue weighted by Gasteiger charge is 2.64. The first-order valence-electron chi connectivity index (χ1n) is 47.4. The third-order valence-corrected chi connectivity index (χ3v) is 25.4. The van der Waals surface area contributed by atoms with E-state index < -0.39 is 308 Å². The molecule has 34 atom stereocenters. The third kappa shape index (κ3) is 34.8. The lowest BCUT2D eigenvalue weighted by atomic mass is 9.86. The van der Waals surface area contributed by atoms with Gasteiger partial charge in [-0.05, 0) is 45.4 Å². The number of allylic oxidation sites excluding steroid dienone is 2. The summed E-state index contributed by atoms with van der Waals surface area (Å²) in [5.74, 6) is -16.5. The van der Waals surface area contributed by atoms with Crippen molar-refractivity contribution in [2.45, 2.75) is 461 Å². The number of ketones is 1. The van der Waals surface area contributed by atoms with E-state index in [0.717, 1.165) is 124 Å². The van der Waals surface area contributed by atoms with Crippen LogP contribution >= 0.6 is 0 Å². The number of carboxylic acid groups (broad SMARTS) is 2. The molecule has 0 bridgehead atoms. The van der Waals surface area contributed by atoms with Gasteiger partial charge in [-0.25, -0.2) is 9.59 Å². The van der Waals surface area contributed by atoms with E-state index in [1.54, 1.807) is 0 Å². The number of hydrogen-bond donors (Lipinski definition) is 24. The van der Waals surface area contributed by atoms with Gasteiger partial charge in [-0.3, -0.25) is 14.4 Å². The molecule has 34 unspecified atom stereocenters. The van der Waals surface area contributed by atoms with Gasteiger partial charge < -0.3 is 185 Å². The smallest absolute Gasteiger partial charge is 0.364 e. The SMILES string of the molecule is CCCCCCCCC=CCCCCCCCCCCCC(=O)NC(COC1OC(CO)C(OC2OC(CO)C(OC3OC(CO)C(O)C(OC4OC(CO)C(O)C(O)C4O)C3CC(C)=O)C(OC3(C(=O)O)CC(O)C(NC(C)=O)C(C(O)C(CO)OC4(C(=O)O)CC(O)C(NC(C)=O)C(C(O)C(O)CO)O4)O3)C2O)C(O)C1O)C(O)CCCCCCCCCCCCCCC. The van der Waals surface area contributed by atoms with Crippen LogP contribution in [-0.2, 0) is 85.6 Å². The Balaban J connectivity index is 1.30. The number of amides is 3. The Bertz CT molecular complexity index is 3270. The number of ether oxygens (including phenoxy) is 12. The van der Waals surface area contributed by atoms with E-state index in [1.165, 1.54) is 77.0 Å². The molecule has 6 heterocycles. The topological polar surface area (TPSA) is 674 Å². The molecule has 42 nitrogen and oxygen atoms in total. The quantitative estimate of drug-likeness (QED) is 0.0251. The van der Waals surface area contributed by atoms with Crippen LogP contribution in [0.1, 0.15) is 259 Å². The average molecular weight is 1890 g/mol. The number of unbranched alkanes of at least 4 members (excludes halogenated alkanes) is 27. The maximum Gasteiger partial charge on any atom is 0.364 e. The molecule has 0 aromatic carbocycles. The van der Waals surface area contributed by atoms with Gasteiger partial charge in [-0.2, -0.15) is 0 Å². The number of aliphatic hydroxyl groups excluding tert-OH is 19. The Hall–Kier alpha value is -4.48. The summed E-state index contributed by atoms with van der Waals surface area (Å²) >= 11 is 0. The summed E-state index contributed by atoms with van der Waals surface area (Å²) in [5, 5.41) is 246. The molecule has 24 N–H and O–H groups in total. The molecule has 131 heavy (non-hydrogen) atoms. The monoisotopic (exact) mass is 1890 g/mol. The molecular weight excluding hydrogens is 1730 g/mol. The number of carbonyl (C=O) groups is 6. The summed E-state index contributed by atoms with van der Waals surface area (Å²) in [4.78, 5) is 80.6. The lowest BCUT2D eigenvalue weighted by Crippen LogP contribution is -2.72. The van der Waals surface area contributed by atoms with E-state index in [0.29, 0.717) is 12.8 Å². The van der Waals surface area contributed by atoms with Crippen molar-refractivity contribution < 1.29 is 193 Å². The molecule has 6 rings (SSSR count). The number of rotatable bonds is 64. The molecule has 0 radical (unpaired) electrons. The van der Waals surface area contributed by atoms with Gasteiger partial charge in [0.25, 0.3) is 11.6 Å². The van der Waals surface area contributed by atoms with E-state index in [-0.39, 0.29) is 12.8 Å². The summed E-state index contributed by atoms with van der Waals surface area (Å²) in [7, 11) is 0. The number of carboxylic acids is 2. The maximum atomic E-state index is 14.4. The molecule has 6 aliphatic rings. The minimum atomic E-state index is -3.67. The lowest BCUT2D eigenvalue weighted by Gasteiger charge is -2.53. The average Bonchev–Trinajstić information content (AvgIpc) is 0.730. The van der Waals surface area contributed by atoms with Crippen LogP contribution in [0.4, 0.5) is 0 Å². The molecule has 0 aromatic heterocycles. The Morgan fingerprint density at radius 1 is 0.427 bits per heavy atom. The lowest BCUT2D eigenvalue weighted by molar-refractivity contribution is -0.407. The van der Waals surface area contributed by atoms with Gasteiger partial charge >= 0.3 is 11.9 Å². The number of hydrogen-bond acceptors (Lipinski definition) is 37. The molecule has 6 saturated heterocycles. The van der Waals surface area contributed by atoms with Gasteiger partial charge in [0.05, 0.1) is 88.8 Å². The Kier molecular flexibility index (Phi) is 52.5. The van der Waals surface area contributed by atoms with Crippen molar-refractivity contribution >= 4 is 35.4 Å². The van der Waals surface area contributed by atoms with Crippen LogP contribution < -0.4 is 16.0 Å². The second-order valence-corrected chi connectivity index (χ2v) is 36.0. The predicted octanol–water partition coefficient (Wildman–Crippen LogP) is -1.22. The predicted molar refractivity (Wildman–Crippen MR) is 459 cm³/mol. The van der Waals surface area contributed by atoms with Crippen molar-refractivity contribution in [2.75, 3.05) is 46.2 Å². The molecule has 6 fully saturated rings. The molecular formula is C89H157N3O39. The van der Waals surface area contributed by atoms with Gasteiger partial charge in [0, 0.05) is 45.4 Å². The Morgan fingerprint density at radius 2 is 0.847 bits per heavy atom. The standard InChI is InChI=1S/C89H157N3O39/c1-6-8-10-12-14-16-18-20-21-22-23-24-25-27-29-31-33-35-37-39-64(106)92-54(55(102)38-36-34-32-30-28-26-19-17-15-13-11-9-7-2)49-120-83-74(114)72(112)77(62(47-97)123-83)126-85-75(115)81(78(63(48-98)124-85)127-82-53(40-50(3)99)76(69(109)60(45-95)121-82)125-84-73(113)71(111)68(108)59(44-94)122-84)131-89(87(118)119)42-57(104)66(91-52(5)101)80(130-89)70(110)61(46-96)128-88(86(116)117)41-56(103)65(90-51(4)100)79(129-88)67(107)58(105)43-93/h20-21,53-63,65-85,93-98,102-105,107-115H,6-19,22-49H2,1-5H3,(H,90,100)(H,91,101)(H,92,106)(H,116,117)(H,118,119). The normalized spacial score (nSPS) is 34.4. The fraction of sp³-hybridized carbons (Fsp3) is 0.910. The van der Waals surface area contributed by atoms with E-state index in [9.17, 15) is 136 Å². The van der Waals surface area contributed by atoms with Crippen molar-refractivity contribution in [3.63, 3.8) is 0 Å². The highest BCUT2D eigenvalue weighted by atomic mass is 16.8. The number of carbonyl (C=O) groups excluding carboxylic acids is 4. The van der Waals surface area contributed by atoms with E-state index >= 15 is 0 Å². The van der Waals surface area contributed by atoms with Gasteiger partial charge in [0.15, 0.2) is 25.2 Å². The van der Waals surface area contributed by atoms with E-state index in [1.807, 2.05) is 0 Å². The van der Waals surface area contributed by atoms with Gasteiger partial charge in [-0.1, -0.05) is 187 Å². The van der Waals surface area contributed by atoms with Crippen LogP contribution in [0.25, 0.3) is 0 Å². The number of aliphatic carboxylic acids is 2. The maximum absolute atomic E-state index is 14.4. The zero-order valence-electron chi connectivity index (χ0n) is 76.6. The molecule has 0 aliphatic carbocycles. The van der Waals surface area contributed by atoms with Crippen molar-refractivity contribution in [3.8, 4) is 0 Å². The summed E-state index contributed by atoms with van der Waals surface area (Å²) in [6.07, 6.45) is -27.2. The molecule has 762 valence electrons. The second kappa shape index (κ2) is 59.7. The molecule has 42 heteroatoms. The van der Waals surface area contributed by atoms with Crippen molar-refractivity contribution in [3.05, 3.63) is 12.2 Å². The number of nitrogens with one attached hydrogen (secondary N) is 3. The minimum Gasteiger partial charge on any atom is -0.477 e. The van der Waals surface area contributed by atoms with Crippen LogP contribution in [0.15, 0.2) is 12.2 Å². The summed E-state index contributed by atoms with van der Waals surface area (Å²) < 4.78 is 72.7. The molecule has 0 spiro atoms. The van der Waals surface area contributed by atoms with Gasteiger partial charge in [-0.15, -0.1) is 0 Å². The van der Waals surface area contributed by atoms with Crippen LogP contribution in [0.2, 0.25) is 0 Å². The van der Waals surface area contributed by atoms with E-state index in [4.69, 9.17) is 56.8 Å². The molecule has 3 amide bonds. The first kappa shape index (κ1) is 115. The molecule has 0 aromatic rings. The van der Waals surface area contributed by atoms with Gasteiger partial charge in [0.1, 0.15) is 128 Å². The van der Waals surface area contributed by atoms with Crippen LogP contribution in [-0.4, -0.2) is 390 Å². The fourth-order valence-corrected chi connectivity index (χ4v) is 17.9. The first-order chi connectivity index (χ1) is 62.6. The van der Waals surface area contributed by atoms with Crippen molar-refractivity contribution in [2.24, 2.45) is 5.92 Å². The van der Waals surface area contributed by atoms with Gasteiger partial charge in [0.2, 0.25) is 17.7 Å². The van der Waals surface area contributed by atoms with Crippen LogP contribution in [0.3, 0.4) is 0 Å². The Labute approximate surface area is 766 Å². The Morgan fingerprint density at radius 3 is 1.34 bits per heavy atom. The van der Waals surface area contributed by atoms with Crippen molar-refractivity contribution in [1.82, 2.24) is 16.0 Å². The molecule has 6 aliphatic heterocycles. The summed E-state index contributed by atoms with van der Waals surface area (Å²) in [6, 6.07) is -5.01. The van der Waals surface area contributed by atoms with Crippen molar-refractivity contribution in [1.29, 1.82) is 0 Å². The highest BCUT2D eigenvalue weighted by molar-refractivity contribution is 5.78. The second-order valence-electron chi connectivity index (χ2n) is 36.0. The van der Waals surface area contributed by atoms with E-state index in [2.05, 4.69) is 41.9 Å². The summed E-state index contributed by atoms with van der Waals surface area (Å²) in [5.41, 5.74) is 0. The fourth-order valence-electron chi connectivity index (χ4n) is 17.9. The van der Waals surface area contributed by atoms with Crippen LogP contribution in [0, 0.1) is 5.92 Å². The highest BCUT2D eigenvalue weighted by Crippen LogP contribution is 2.44. The third-order valence-electron chi connectivity index (χ3n) is 25.4. The minimum absolute atomic E-state index is 0.107. The zero-order chi connectivity index (χ0) is 96.7. The molecule has 0 saturated carbocycles. The summed E-state index contributed by atoms with van der Waals surface area (Å²) in [6.45, 7) is -0.701. The van der Waals surface area contributed by atoms with Crippen LogP contribution in [0.5, 0.6) is 0 Å².